The highest BCUT2D eigenvalue weighted by Crippen LogP contribution is 2.28. The van der Waals surface area contributed by atoms with Crippen LogP contribution in [0.3, 0.4) is 0 Å². The molecule has 2 atom stereocenters. The summed E-state index contributed by atoms with van der Waals surface area (Å²) in [5.41, 5.74) is 0.966. The van der Waals surface area contributed by atoms with Gasteiger partial charge in [-0.2, -0.15) is 0 Å². The average Bonchev–Trinajstić information content (AvgIpc) is 3.17. The maximum Gasteiger partial charge on any atom is 0.156 e. The fourth-order valence-electron chi connectivity index (χ4n) is 2.42. The van der Waals surface area contributed by atoms with Crippen molar-refractivity contribution in [1.82, 2.24) is 5.32 Å². The molecule has 2 aliphatic rings. The Bertz CT molecular complexity index is 630. The van der Waals surface area contributed by atoms with Gasteiger partial charge in [0.1, 0.15) is 18.0 Å². The molecular weight excluding hydrogens is 358 g/mol. The van der Waals surface area contributed by atoms with Gasteiger partial charge in [-0.25, -0.2) is 8.42 Å². The van der Waals surface area contributed by atoms with Gasteiger partial charge < -0.3 is 15.2 Å². The highest BCUT2D eigenvalue weighted by molar-refractivity contribution is 9.10. The molecule has 0 spiro atoms. The molecule has 1 heterocycles. The van der Waals surface area contributed by atoms with Gasteiger partial charge in [-0.15, -0.1) is 0 Å². The summed E-state index contributed by atoms with van der Waals surface area (Å²) < 4.78 is 29.8. The Balaban J connectivity index is 1.74. The summed E-state index contributed by atoms with van der Waals surface area (Å²) >= 11 is 3.43. The minimum absolute atomic E-state index is 0.125. The van der Waals surface area contributed by atoms with E-state index in [-0.39, 0.29) is 11.5 Å². The molecule has 1 saturated heterocycles. The molecule has 5 nitrogen and oxygen atoms in total. The molecule has 1 aliphatic carbocycles. The number of nitrogens with one attached hydrogen (secondary N) is 1. The van der Waals surface area contributed by atoms with Crippen LogP contribution < -0.4 is 10.1 Å². The molecule has 0 aromatic heterocycles. The molecule has 2 fully saturated rings. The Morgan fingerprint density at radius 1 is 1.33 bits per heavy atom. The number of ether oxygens (including phenoxy) is 1. The van der Waals surface area contributed by atoms with Gasteiger partial charge in [0.2, 0.25) is 0 Å². The van der Waals surface area contributed by atoms with Crippen molar-refractivity contribution in [2.75, 3.05) is 11.5 Å². The molecule has 1 aromatic rings. The van der Waals surface area contributed by atoms with Gasteiger partial charge in [0.05, 0.1) is 11.5 Å². The standard InChI is InChI=1S/C14H18BrNO4S/c15-10-1-4-13(9(5-10)6-16-11-2-3-11)20-14-8-21(18,19)7-12(14)17/h1,4-5,11-12,14,16-17H,2-3,6-8H2. The fraction of sp³-hybridized carbons (Fsp3) is 0.571. The molecular formula is C14H18BrNO4S. The molecule has 116 valence electrons. The second-order valence-corrected chi connectivity index (χ2v) is 8.78. The number of benzene rings is 1. The average molecular weight is 376 g/mol. The first-order valence-electron chi connectivity index (χ1n) is 7.00. The first-order valence-corrected chi connectivity index (χ1v) is 9.61. The first kappa shape index (κ1) is 15.3. The summed E-state index contributed by atoms with van der Waals surface area (Å²) in [7, 11) is -3.20. The molecule has 0 radical (unpaired) electrons. The molecule has 0 amide bonds. The third-order valence-electron chi connectivity index (χ3n) is 3.73. The van der Waals surface area contributed by atoms with Crippen LogP contribution in [0.4, 0.5) is 0 Å². The number of rotatable bonds is 5. The van der Waals surface area contributed by atoms with E-state index >= 15 is 0 Å². The van der Waals surface area contributed by atoms with Gasteiger partial charge in [-0.05, 0) is 31.0 Å². The summed E-state index contributed by atoms with van der Waals surface area (Å²) in [6.45, 7) is 0.676. The Kier molecular flexibility index (Phi) is 4.27. The predicted molar refractivity (Wildman–Crippen MR) is 83.1 cm³/mol. The van der Waals surface area contributed by atoms with Crippen molar-refractivity contribution in [3.63, 3.8) is 0 Å². The zero-order valence-electron chi connectivity index (χ0n) is 11.5. The Morgan fingerprint density at radius 3 is 2.71 bits per heavy atom. The van der Waals surface area contributed by atoms with Crippen molar-refractivity contribution in [2.24, 2.45) is 0 Å². The second-order valence-electron chi connectivity index (χ2n) is 5.71. The van der Waals surface area contributed by atoms with E-state index in [1.165, 1.54) is 12.8 Å². The number of halogens is 1. The van der Waals surface area contributed by atoms with Crippen LogP contribution in [0.25, 0.3) is 0 Å². The third-order valence-corrected chi connectivity index (χ3v) is 5.91. The van der Waals surface area contributed by atoms with E-state index in [0.29, 0.717) is 18.3 Å². The van der Waals surface area contributed by atoms with Crippen molar-refractivity contribution in [3.8, 4) is 5.75 Å². The molecule has 0 bridgehead atoms. The van der Waals surface area contributed by atoms with E-state index in [9.17, 15) is 13.5 Å². The minimum Gasteiger partial charge on any atom is -0.486 e. The summed E-state index contributed by atoms with van der Waals surface area (Å²) in [5.74, 6) is 0.288. The first-order chi connectivity index (χ1) is 9.93. The van der Waals surface area contributed by atoms with Crippen molar-refractivity contribution in [1.29, 1.82) is 0 Å². The summed E-state index contributed by atoms with van der Waals surface area (Å²) in [4.78, 5) is 0. The molecule has 2 N–H and O–H groups in total. The van der Waals surface area contributed by atoms with E-state index in [1.807, 2.05) is 18.2 Å². The van der Waals surface area contributed by atoms with Crippen LogP contribution in [-0.2, 0) is 16.4 Å². The molecule has 3 rings (SSSR count). The maximum atomic E-state index is 11.5. The zero-order valence-corrected chi connectivity index (χ0v) is 13.9. The Hall–Kier alpha value is -0.630. The molecule has 1 aromatic carbocycles. The van der Waals surface area contributed by atoms with Crippen molar-refractivity contribution < 1.29 is 18.3 Å². The second kappa shape index (κ2) is 5.87. The lowest BCUT2D eigenvalue weighted by molar-refractivity contribution is 0.0730. The molecule has 2 unspecified atom stereocenters. The lowest BCUT2D eigenvalue weighted by Gasteiger charge is -2.19. The maximum absolute atomic E-state index is 11.5. The van der Waals surface area contributed by atoms with E-state index < -0.39 is 22.0 Å². The van der Waals surface area contributed by atoms with Crippen LogP contribution in [0.2, 0.25) is 0 Å². The van der Waals surface area contributed by atoms with Crippen LogP contribution >= 0.6 is 15.9 Å². The van der Waals surface area contributed by atoms with Crippen LogP contribution in [0.5, 0.6) is 5.75 Å². The normalized spacial score (nSPS) is 27.7. The van der Waals surface area contributed by atoms with Gasteiger partial charge in [0.15, 0.2) is 9.84 Å². The van der Waals surface area contributed by atoms with E-state index in [1.54, 1.807) is 0 Å². The monoisotopic (exact) mass is 375 g/mol. The third kappa shape index (κ3) is 3.97. The van der Waals surface area contributed by atoms with Crippen molar-refractivity contribution >= 4 is 25.8 Å². The number of hydrogen-bond donors (Lipinski definition) is 2. The van der Waals surface area contributed by atoms with E-state index in [4.69, 9.17) is 4.74 Å². The number of sulfone groups is 1. The fourth-order valence-corrected chi connectivity index (χ4v) is 4.49. The zero-order chi connectivity index (χ0) is 15.0. The smallest absolute Gasteiger partial charge is 0.156 e. The van der Waals surface area contributed by atoms with Crippen LogP contribution in [0.15, 0.2) is 22.7 Å². The largest absolute Gasteiger partial charge is 0.486 e. The van der Waals surface area contributed by atoms with Crippen molar-refractivity contribution in [3.05, 3.63) is 28.2 Å². The topological polar surface area (TPSA) is 75.6 Å². The highest BCUT2D eigenvalue weighted by Gasteiger charge is 2.38. The summed E-state index contributed by atoms with van der Waals surface area (Å²) in [6, 6.07) is 6.20. The van der Waals surface area contributed by atoms with E-state index in [2.05, 4.69) is 21.2 Å². The van der Waals surface area contributed by atoms with Crippen LogP contribution in [-0.4, -0.2) is 43.3 Å². The number of hydrogen-bond acceptors (Lipinski definition) is 5. The van der Waals surface area contributed by atoms with Crippen LogP contribution in [0, 0.1) is 0 Å². The van der Waals surface area contributed by atoms with Gasteiger partial charge in [-0.3, -0.25) is 0 Å². The van der Waals surface area contributed by atoms with Gasteiger partial charge in [-0.1, -0.05) is 15.9 Å². The van der Waals surface area contributed by atoms with Gasteiger partial charge >= 0.3 is 0 Å². The molecule has 21 heavy (non-hydrogen) atoms. The van der Waals surface area contributed by atoms with Crippen LogP contribution in [0.1, 0.15) is 18.4 Å². The number of aliphatic hydroxyl groups is 1. The van der Waals surface area contributed by atoms with Gasteiger partial charge in [0, 0.05) is 22.6 Å². The van der Waals surface area contributed by atoms with Crippen molar-refractivity contribution in [2.45, 2.75) is 37.6 Å². The quantitative estimate of drug-likeness (QED) is 0.809. The molecule has 1 aliphatic heterocycles. The molecule has 1 saturated carbocycles. The highest BCUT2D eigenvalue weighted by atomic mass is 79.9. The lowest BCUT2D eigenvalue weighted by atomic mass is 10.2. The number of aliphatic hydroxyl groups excluding tert-OH is 1. The summed E-state index contributed by atoms with van der Waals surface area (Å²) in [6.07, 6.45) is 0.756. The minimum atomic E-state index is -3.20. The summed E-state index contributed by atoms with van der Waals surface area (Å²) in [5, 5.41) is 13.2. The Labute approximate surface area is 132 Å². The molecule has 7 heteroatoms. The van der Waals surface area contributed by atoms with Gasteiger partial charge in [0.25, 0.3) is 0 Å². The SMILES string of the molecule is O=S1(=O)CC(O)C(Oc2ccc(Br)cc2CNC2CC2)C1. The lowest BCUT2D eigenvalue weighted by Crippen LogP contribution is -2.30. The Morgan fingerprint density at radius 2 is 2.10 bits per heavy atom. The predicted octanol–water partition coefficient (Wildman–Crippen LogP) is 1.24. The van der Waals surface area contributed by atoms with E-state index in [0.717, 1.165) is 10.0 Å².